The third-order valence-electron chi connectivity index (χ3n) is 5.19. The minimum atomic E-state index is -3.52. The zero-order valence-electron chi connectivity index (χ0n) is 16.1. The molecule has 0 atom stereocenters. The van der Waals surface area contributed by atoms with Crippen LogP contribution in [0.1, 0.15) is 48.3 Å². The molecule has 2 aromatic rings. The van der Waals surface area contributed by atoms with Crippen LogP contribution in [0.15, 0.2) is 34.0 Å². The minimum absolute atomic E-state index is 0.0383. The molecular weight excluding hydrogens is 394 g/mol. The number of carbonyl (C=O) groups excluding carboxylic acids is 1. The Labute approximate surface area is 169 Å². The van der Waals surface area contributed by atoms with Crippen LogP contribution in [0.25, 0.3) is 0 Å². The first-order valence-electron chi connectivity index (χ1n) is 10.0. The molecule has 4 rings (SSSR count). The minimum Gasteiger partial charge on any atom is -0.352 e. The molecule has 0 bridgehead atoms. The number of hydrogen-bond donors (Lipinski definition) is 2. The number of hydrogen-bond acceptors (Lipinski definition) is 5. The Bertz CT molecular complexity index is 1050. The lowest BCUT2D eigenvalue weighted by atomic mass is 10.2. The summed E-state index contributed by atoms with van der Waals surface area (Å²) in [5, 5.41) is 7.17. The molecule has 29 heavy (non-hydrogen) atoms. The molecule has 156 valence electrons. The second-order valence-corrected chi connectivity index (χ2v) is 9.27. The summed E-state index contributed by atoms with van der Waals surface area (Å²) >= 11 is 0. The fraction of sp³-hybridized carbons (Fsp3) is 0.526. The van der Waals surface area contributed by atoms with Crippen molar-refractivity contribution in [3.8, 4) is 0 Å². The van der Waals surface area contributed by atoms with E-state index in [0.29, 0.717) is 25.1 Å². The van der Waals surface area contributed by atoms with Crippen molar-refractivity contribution < 1.29 is 13.2 Å². The summed E-state index contributed by atoms with van der Waals surface area (Å²) in [4.78, 5) is 24.7. The summed E-state index contributed by atoms with van der Waals surface area (Å²) < 4.78 is 30.1. The van der Waals surface area contributed by atoms with Crippen LogP contribution in [0.2, 0.25) is 0 Å². The van der Waals surface area contributed by atoms with Crippen molar-refractivity contribution in [1.29, 1.82) is 0 Å². The van der Waals surface area contributed by atoms with E-state index < -0.39 is 10.0 Å². The number of benzene rings is 1. The SMILES string of the molecule is O=C(NCCCn1nc2n(c1=O)CCCC2)c1ccc(S(=O)(=O)NC2CC2)cc1. The highest BCUT2D eigenvalue weighted by molar-refractivity contribution is 7.89. The number of fused-ring (bicyclic) bond motifs is 1. The molecule has 1 aliphatic carbocycles. The second kappa shape index (κ2) is 8.11. The fourth-order valence-corrected chi connectivity index (χ4v) is 4.71. The van der Waals surface area contributed by atoms with Crippen LogP contribution >= 0.6 is 0 Å². The highest BCUT2D eigenvalue weighted by Crippen LogP contribution is 2.22. The van der Waals surface area contributed by atoms with Crippen LogP contribution in [0.4, 0.5) is 0 Å². The molecular formula is C19H25N5O4S. The molecule has 9 nitrogen and oxygen atoms in total. The molecule has 1 fully saturated rings. The topological polar surface area (TPSA) is 115 Å². The van der Waals surface area contributed by atoms with Crippen LogP contribution < -0.4 is 15.7 Å². The summed E-state index contributed by atoms with van der Waals surface area (Å²) in [7, 11) is -3.52. The van der Waals surface area contributed by atoms with E-state index in [0.717, 1.165) is 44.5 Å². The Morgan fingerprint density at radius 1 is 1.17 bits per heavy atom. The normalized spacial score (nSPS) is 16.4. The fourth-order valence-electron chi connectivity index (χ4n) is 3.40. The van der Waals surface area contributed by atoms with Gasteiger partial charge in [0.1, 0.15) is 5.82 Å². The maximum Gasteiger partial charge on any atom is 0.345 e. The molecule has 10 heteroatoms. The molecule has 1 amide bonds. The summed E-state index contributed by atoms with van der Waals surface area (Å²) in [6, 6.07) is 5.93. The van der Waals surface area contributed by atoms with E-state index in [4.69, 9.17) is 0 Å². The van der Waals surface area contributed by atoms with Crippen molar-refractivity contribution in [2.24, 2.45) is 0 Å². The number of aromatic nitrogens is 3. The molecule has 2 aliphatic rings. The highest BCUT2D eigenvalue weighted by atomic mass is 32.2. The molecule has 1 aromatic heterocycles. The van der Waals surface area contributed by atoms with Crippen molar-refractivity contribution in [3.63, 3.8) is 0 Å². The third kappa shape index (κ3) is 4.59. The standard InChI is InChI=1S/C19H25N5O4S/c25-18(14-5-9-16(10-6-14)29(27,28)22-15-7-8-15)20-11-3-13-24-19(26)23-12-2-1-4-17(23)21-24/h5-6,9-10,15,22H,1-4,7-8,11-13H2,(H,20,25). The monoisotopic (exact) mass is 419 g/mol. The van der Waals surface area contributed by atoms with Crippen molar-refractivity contribution in [3.05, 3.63) is 46.1 Å². The van der Waals surface area contributed by atoms with Crippen molar-refractivity contribution in [2.45, 2.75) is 62.6 Å². The van der Waals surface area contributed by atoms with Gasteiger partial charge in [-0.15, -0.1) is 0 Å². The summed E-state index contributed by atoms with van der Waals surface area (Å²) in [5.41, 5.74) is 0.313. The number of sulfonamides is 1. The van der Waals surface area contributed by atoms with Crippen LogP contribution in [0.5, 0.6) is 0 Å². The average Bonchev–Trinajstić information content (AvgIpc) is 3.47. The third-order valence-corrected chi connectivity index (χ3v) is 6.73. The van der Waals surface area contributed by atoms with E-state index in [2.05, 4.69) is 15.1 Å². The van der Waals surface area contributed by atoms with Gasteiger partial charge >= 0.3 is 5.69 Å². The Hall–Kier alpha value is -2.46. The van der Waals surface area contributed by atoms with E-state index in [1.54, 1.807) is 4.57 Å². The molecule has 1 aliphatic heterocycles. The van der Waals surface area contributed by atoms with Gasteiger partial charge in [-0.3, -0.25) is 9.36 Å². The van der Waals surface area contributed by atoms with Gasteiger partial charge < -0.3 is 5.32 Å². The molecule has 1 saturated carbocycles. The smallest absolute Gasteiger partial charge is 0.345 e. The Morgan fingerprint density at radius 3 is 2.62 bits per heavy atom. The predicted octanol–water partition coefficient (Wildman–Crippen LogP) is 0.642. The summed E-state index contributed by atoms with van der Waals surface area (Å²) in [5.74, 6) is 0.567. The zero-order chi connectivity index (χ0) is 20.4. The van der Waals surface area contributed by atoms with E-state index in [1.807, 2.05) is 0 Å². The quantitative estimate of drug-likeness (QED) is 0.610. The van der Waals surface area contributed by atoms with Crippen LogP contribution in [-0.2, 0) is 29.5 Å². The molecule has 2 N–H and O–H groups in total. The largest absolute Gasteiger partial charge is 0.352 e. The van der Waals surface area contributed by atoms with Gasteiger partial charge in [-0.2, -0.15) is 5.10 Å². The molecule has 0 saturated heterocycles. The van der Waals surface area contributed by atoms with Gasteiger partial charge in [-0.25, -0.2) is 22.6 Å². The first-order valence-corrected chi connectivity index (χ1v) is 11.5. The van der Waals surface area contributed by atoms with Crippen molar-refractivity contribution in [2.75, 3.05) is 6.54 Å². The zero-order valence-corrected chi connectivity index (χ0v) is 17.0. The molecule has 0 unspecified atom stereocenters. The van der Waals surface area contributed by atoms with Gasteiger partial charge in [0.25, 0.3) is 5.91 Å². The van der Waals surface area contributed by atoms with E-state index in [-0.39, 0.29) is 22.5 Å². The Balaban J connectivity index is 1.28. The molecule has 0 radical (unpaired) electrons. The summed E-state index contributed by atoms with van der Waals surface area (Å²) in [6.07, 6.45) is 5.22. The number of amides is 1. The van der Waals surface area contributed by atoms with Gasteiger partial charge in [0.15, 0.2) is 0 Å². The van der Waals surface area contributed by atoms with Crippen LogP contribution in [0, 0.1) is 0 Å². The van der Waals surface area contributed by atoms with Crippen molar-refractivity contribution in [1.82, 2.24) is 24.4 Å². The number of nitrogens with zero attached hydrogens (tertiary/aromatic N) is 3. The molecule has 2 heterocycles. The highest BCUT2D eigenvalue weighted by Gasteiger charge is 2.28. The first kappa shape index (κ1) is 19.8. The van der Waals surface area contributed by atoms with Gasteiger partial charge in [0, 0.05) is 37.7 Å². The van der Waals surface area contributed by atoms with Gasteiger partial charge in [-0.1, -0.05) is 0 Å². The number of carbonyl (C=O) groups is 1. The maximum atomic E-state index is 12.3. The first-order chi connectivity index (χ1) is 13.9. The number of aryl methyl sites for hydroxylation is 2. The Kier molecular flexibility index (Phi) is 5.55. The summed E-state index contributed by atoms with van der Waals surface area (Å²) in [6.45, 7) is 1.58. The maximum absolute atomic E-state index is 12.3. The van der Waals surface area contributed by atoms with E-state index >= 15 is 0 Å². The van der Waals surface area contributed by atoms with Gasteiger partial charge in [-0.05, 0) is 56.4 Å². The molecule has 1 aromatic carbocycles. The second-order valence-electron chi connectivity index (χ2n) is 7.56. The average molecular weight is 420 g/mol. The lowest BCUT2D eigenvalue weighted by Gasteiger charge is -2.09. The number of rotatable bonds is 8. The van der Waals surface area contributed by atoms with Gasteiger partial charge in [0.05, 0.1) is 4.90 Å². The lowest BCUT2D eigenvalue weighted by Crippen LogP contribution is -2.29. The van der Waals surface area contributed by atoms with Gasteiger partial charge in [0.2, 0.25) is 10.0 Å². The Morgan fingerprint density at radius 2 is 1.93 bits per heavy atom. The predicted molar refractivity (Wildman–Crippen MR) is 106 cm³/mol. The van der Waals surface area contributed by atoms with Crippen LogP contribution in [-0.4, -0.2) is 41.3 Å². The van der Waals surface area contributed by atoms with E-state index in [9.17, 15) is 18.0 Å². The van der Waals surface area contributed by atoms with E-state index in [1.165, 1.54) is 28.9 Å². The van der Waals surface area contributed by atoms with Crippen molar-refractivity contribution >= 4 is 15.9 Å². The lowest BCUT2D eigenvalue weighted by molar-refractivity contribution is 0.0952. The number of nitrogens with one attached hydrogen (secondary N) is 2. The van der Waals surface area contributed by atoms with Crippen LogP contribution in [0.3, 0.4) is 0 Å². The molecule has 0 spiro atoms.